The Morgan fingerprint density at radius 2 is 1.67 bits per heavy atom. The summed E-state index contributed by atoms with van der Waals surface area (Å²) in [6.07, 6.45) is 3.93. The second-order valence-corrected chi connectivity index (χ2v) is 5.65. The topological polar surface area (TPSA) is 73.2 Å². The fourth-order valence-electron chi connectivity index (χ4n) is 3.23. The largest absolute Gasteiger partial charge is 0.352 e. The van der Waals surface area contributed by atoms with E-state index in [-0.39, 0.29) is 24.3 Å². The Morgan fingerprint density at radius 3 is 2.00 bits per heavy atom. The van der Waals surface area contributed by atoms with Crippen LogP contribution in [0.25, 0.3) is 0 Å². The minimum absolute atomic E-state index is 0.158. The van der Waals surface area contributed by atoms with Gasteiger partial charge < -0.3 is 10.2 Å². The molecule has 0 radical (unpaired) electrons. The highest BCUT2D eigenvalue weighted by atomic mass is 16.2. The van der Waals surface area contributed by atoms with Crippen molar-refractivity contribution in [3.05, 3.63) is 0 Å². The first-order valence-corrected chi connectivity index (χ1v) is 8.03. The Hall–Kier alpha value is -1.57. The van der Waals surface area contributed by atoms with Crippen LogP contribution in [0.4, 0.5) is 0 Å². The van der Waals surface area contributed by atoms with Crippen LogP contribution in [0.15, 0.2) is 0 Å². The summed E-state index contributed by atoms with van der Waals surface area (Å²) in [4.78, 5) is 23.7. The van der Waals surface area contributed by atoms with E-state index in [1.54, 1.807) is 4.90 Å². The van der Waals surface area contributed by atoms with Crippen molar-refractivity contribution in [1.82, 2.24) is 10.2 Å². The molecule has 2 rings (SSSR count). The lowest BCUT2D eigenvalue weighted by Gasteiger charge is -2.45. The van der Waals surface area contributed by atoms with E-state index in [4.69, 9.17) is 5.26 Å². The van der Waals surface area contributed by atoms with Gasteiger partial charge in [-0.05, 0) is 25.7 Å². The van der Waals surface area contributed by atoms with Gasteiger partial charge in [-0.2, -0.15) is 5.26 Å². The maximum Gasteiger partial charge on any atom is 0.228 e. The van der Waals surface area contributed by atoms with Crippen molar-refractivity contribution >= 4 is 11.8 Å². The van der Waals surface area contributed by atoms with Gasteiger partial charge in [0, 0.05) is 12.1 Å². The zero-order valence-corrected chi connectivity index (χ0v) is 13.6. The molecular weight excluding hydrogens is 266 g/mol. The lowest BCUT2D eigenvalue weighted by Crippen LogP contribution is -2.60. The van der Waals surface area contributed by atoms with E-state index in [1.165, 1.54) is 0 Å². The standard InChI is InChI=1S/C9H14N2O.C7H13NO/c1-3-7-8(4-2)11(6-5-10)9(7)12;1-3-5-6(4-2)8-7(5)9/h7-8H,3-4,6H2,1-2H3;5-6H,3-4H2,1-2H3,(H,8,9). The van der Waals surface area contributed by atoms with Crippen LogP contribution < -0.4 is 5.32 Å². The molecule has 5 nitrogen and oxygen atoms in total. The molecule has 2 saturated heterocycles. The predicted molar refractivity (Wildman–Crippen MR) is 81.2 cm³/mol. The fourth-order valence-corrected chi connectivity index (χ4v) is 3.23. The van der Waals surface area contributed by atoms with Crippen molar-refractivity contribution in [2.75, 3.05) is 6.54 Å². The number of hydrogen-bond donors (Lipinski definition) is 1. The number of nitrogens with zero attached hydrogens (tertiary/aromatic N) is 2. The molecule has 0 aliphatic carbocycles. The highest BCUT2D eigenvalue weighted by Crippen LogP contribution is 2.30. The SMILES string of the molecule is CCC1C(=O)N(CC#N)C1CC.CCC1NC(=O)C1CC. The summed E-state index contributed by atoms with van der Waals surface area (Å²) in [6, 6.07) is 2.81. The third kappa shape index (κ3) is 3.55. The molecule has 1 N–H and O–H groups in total. The van der Waals surface area contributed by atoms with Gasteiger partial charge in [-0.15, -0.1) is 0 Å². The molecule has 0 saturated carbocycles. The highest BCUT2D eigenvalue weighted by molar-refractivity contribution is 5.86. The second-order valence-electron chi connectivity index (χ2n) is 5.65. The van der Waals surface area contributed by atoms with Crippen molar-refractivity contribution in [2.24, 2.45) is 11.8 Å². The number of likely N-dealkylation sites (tertiary alicyclic amines) is 1. The van der Waals surface area contributed by atoms with Crippen molar-refractivity contribution in [2.45, 2.75) is 65.5 Å². The first-order chi connectivity index (χ1) is 10.0. The molecule has 4 atom stereocenters. The Bertz CT molecular complexity index is 416. The Labute approximate surface area is 127 Å². The average Bonchev–Trinajstić information content (AvgIpc) is 2.48. The molecule has 0 bridgehead atoms. The first kappa shape index (κ1) is 17.5. The molecule has 0 spiro atoms. The number of nitriles is 1. The lowest BCUT2D eigenvalue weighted by atomic mass is 9.84. The zero-order chi connectivity index (χ0) is 16.0. The van der Waals surface area contributed by atoms with Gasteiger partial charge in [0.15, 0.2) is 0 Å². The summed E-state index contributed by atoms with van der Waals surface area (Å²) in [6.45, 7) is 8.51. The van der Waals surface area contributed by atoms with E-state index in [0.29, 0.717) is 18.0 Å². The molecule has 0 aromatic rings. The Morgan fingerprint density at radius 1 is 1.05 bits per heavy atom. The third-order valence-electron chi connectivity index (χ3n) is 4.59. The molecular formula is C16H27N3O2. The summed E-state index contributed by atoms with van der Waals surface area (Å²) in [5.41, 5.74) is 0. The first-order valence-electron chi connectivity index (χ1n) is 8.03. The summed E-state index contributed by atoms with van der Waals surface area (Å²) in [5.74, 6) is 0.897. The van der Waals surface area contributed by atoms with E-state index < -0.39 is 0 Å². The van der Waals surface area contributed by atoms with Crippen LogP contribution in [-0.2, 0) is 9.59 Å². The third-order valence-corrected chi connectivity index (χ3v) is 4.59. The summed E-state index contributed by atoms with van der Waals surface area (Å²) < 4.78 is 0. The number of carbonyl (C=O) groups excluding carboxylic acids is 2. The smallest absolute Gasteiger partial charge is 0.228 e. The molecule has 2 aliphatic rings. The molecule has 5 heteroatoms. The average molecular weight is 293 g/mol. The van der Waals surface area contributed by atoms with Crippen molar-refractivity contribution < 1.29 is 9.59 Å². The van der Waals surface area contributed by atoms with E-state index in [9.17, 15) is 9.59 Å². The van der Waals surface area contributed by atoms with E-state index >= 15 is 0 Å². The second kappa shape index (κ2) is 8.02. The molecule has 2 aliphatic heterocycles. The lowest BCUT2D eigenvalue weighted by molar-refractivity contribution is -0.155. The fraction of sp³-hybridized carbons (Fsp3) is 0.812. The highest BCUT2D eigenvalue weighted by Gasteiger charge is 2.44. The van der Waals surface area contributed by atoms with E-state index in [2.05, 4.69) is 26.1 Å². The van der Waals surface area contributed by atoms with Gasteiger partial charge in [-0.1, -0.05) is 27.7 Å². The normalized spacial score (nSPS) is 30.3. The quantitative estimate of drug-likeness (QED) is 0.623. The van der Waals surface area contributed by atoms with Gasteiger partial charge in [-0.3, -0.25) is 9.59 Å². The van der Waals surface area contributed by atoms with Crippen molar-refractivity contribution in [3.8, 4) is 6.07 Å². The van der Waals surface area contributed by atoms with Crippen LogP contribution in [-0.4, -0.2) is 35.3 Å². The van der Waals surface area contributed by atoms with Crippen molar-refractivity contribution in [3.63, 3.8) is 0 Å². The van der Waals surface area contributed by atoms with Crippen LogP contribution in [0.3, 0.4) is 0 Å². The number of amides is 2. The molecule has 0 aromatic carbocycles. The zero-order valence-electron chi connectivity index (χ0n) is 13.6. The van der Waals surface area contributed by atoms with E-state index in [0.717, 1.165) is 25.7 Å². The van der Waals surface area contributed by atoms with Crippen LogP contribution in [0.1, 0.15) is 53.4 Å². The Balaban J connectivity index is 0.000000219. The van der Waals surface area contributed by atoms with Gasteiger partial charge in [-0.25, -0.2) is 0 Å². The number of carbonyl (C=O) groups is 2. The van der Waals surface area contributed by atoms with Crippen LogP contribution in [0, 0.1) is 23.2 Å². The monoisotopic (exact) mass is 293 g/mol. The molecule has 118 valence electrons. The summed E-state index contributed by atoms with van der Waals surface area (Å²) in [7, 11) is 0. The predicted octanol–water partition coefficient (Wildman–Crippen LogP) is 2.08. The van der Waals surface area contributed by atoms with Gasteiger partial charge in [0.25, 0.3) is 0 Å². The molecule has 0 aromatic heterocycles. The van der Waals surface area contributed by atoms with Gasteiger partial charge >= 0.3 is 0 Å². The number of rotatable bonds is 5. The number of hydrogen-bond acceptors (Lipinski definition) is 3. The van der Waals surface area contributed by atoms with Gasteiger partial charge in [0.1, 0.15) is 6.54 Å². The summed E-state index contributed by atoms with van der Waals surface area (Å²) in [5, 5.41) is 11.3. The van der Waals surface area contributed by atoms with Crippen LogP contribution in [0.5, 0.6) is 0 Å². The Kier molecular flexibility index (Phi) is 6.67. The maximum absolute atomic E-state index is 11.3. The van der Waals surface area contributed by atoms with Gasteiger partial charge in [0.05, 0.1) is 17.9 Å². The van der Waals surface area contributed by atoms with E-state index in [1.807, 2.05) is 13.0 Å². The molecule has 2 amide bonds. The minimum Gasteiger partial charge on any atom is -0.352 e. The number of β-lactam (4-membered cyclic amide) rings is 2. The maximum atomic E-state index is 11.3. The number of nitrogens with one attached hydrogen (secondary N) is 1. The van der Waals surface area contributed by atoms with Gasteiger partial charge in [0.2, 0.25) is 11.8 Å². The summed E-state index contributed by atoms with van der Waals surface area (Å²) >= 11 is 0. The molecule has 2 fully saturated rings. The molecule has 21 heavy (non-hydrogen) atoms. The molecule has 2 heterocycles. The molecule has 4 unspecified atom stereocenters. The van der Waals surface area contributed by atoms with Crippen LogP contribution >= 0.6 is 0 Å². The van der Waals surface area contributed by atoms with Crippen LogP contribution in [0.2, 0.25) is 0 Å². The minimum atomic E-state index is 0.158. The van der Waals surface area contributed by atoms with Crippen molar-refractivity contribution in [1.29, 1.82) is 5.26 Å².